The molecule has 6 fully saturated rings. The minimum Gasteiger partial charge on any atom is -0.243 e. The van der Waals surface area contributed by atoms with E-state index >= 15 is 0 Å². The van der Waals surface area contributed by atoms with E-state index in [0.29, 0.717) is 0 Å². The molecule has 7 nitrogen and oxygen atoms in total. The maximum Gasteiger partial charge on any atom is 0.357 e. The lowest BCUT2D eigenvalue weighted by Crippen LogP contribution is -2.51. The van der Waals surface area contributed by atoms with Gasteiger partial charge in [-0.05, 0) is 81.6 Å². The van der Waals surface area contributed by atoms with Crippen LogP contribution in [-0.4, -0.2) is 107 Å². The van der Waals surface area contributed by atoms with Crippen molar-refractivity contribution in [1.82, 2.24) is 28.0 Å². The summed E-state index contributed by atoms with van der Waals surface area (Å²) in [5.41, 5.74) is 0. The van der Waals surface area contributed by atoms with Gasteiger partial charge in [0.15, 0.2) is 0 Å². The molecule has 0 aromatic heterocycles. The second kappa shape index (κ2) is 14.3. The molecular weight excluding hydrogens is 520 g/mol. The summed E-state index contributed by atoms with van der Waals surface area (Å²) in [6, 6.07) is 0. The minimum absolute atomic E-state index is 1.28. The van der Waals surface area contributed by atoms with E-state index in [4.69, 9.17) is 4.52 Å². The Morgan fingerprint density at radius 2 is 0.538 bits per heavy atom. The van der Waals surface area contributed by atoms with Crippen molar-refractivity contribution in [1.29, 1.82) is 0 Å². The minimum atomic E-state index is -1.99. The number of nitrogens with zero attached hydrogens (tertiary/aromatic N) is 7. The van der Waals surface area contributed by atoms with E-state index in [2.05, 4.69) is 28.0 Å². The van der Waals surface area contributed by atoms with Crippen LogP contribution in [0.3, 0.4) is 0 Å². The van der Waals surface area contributed by atoms with Gasteiger partial charge in [0.25, 0.3) is 0 Å². The molecule has 0 unspecified atom stereocenters. The molecular formula is C30H60N7P2+. The molecule has 0 atom stereocenters. The molecule has 6 aliphatic heterocycles. The zero-order valence-corrected chi connectivity index (χ0v) is 27.0. The van der Waals surface area contributed by atoms with Crippen molar-refractivity contribution in [3.05, 3.63) is 0 Å². The number of hydrogen-bond acceptors (Lipinski definition) is 4. The van der Waals surface area contributed by atoms with Gasteiger partial charge in [0.2, 0.25) is 7.51 Å². The molecule has 6 heterocycles. The molecule has 0 aliphatic carbocycles. The van der Waals surface area contributed by atoms with Gasteiger partial charge in [-0.3, -0.25) is 0 Å². The first-order valence-electron chi connectivity index (χ1n) is 17.4. The van der Waals surface area contributed by atoms with E-state index in [0.717, 1.165) is 0 Å². The van der Waals surface area contributed by atoms with Crippen LogP contribution in [0.25, 0.3) is 0 Å². The average Bonchev–Trinajstić information content (AvgIpc) is 3.04. The maximum absolute atomic E-state index is 6.86. The van der Waals surface area contributed by atoms with Crippen LogP contribution < -0.4 is 0 Å². The smallest absolute Gasteiger partial charge is 0.243 e. The first-order chi connectivity index (χ1) is 19.3. The summed E-state index contributed by atoms with van der Waals surface area (Å²) >= 11 is 0. The third-order valence-electron chi connectivity index (χ3n) is 10.5. The SMILES string of the molecule is C1CCN(P(=N[P+](N2CCCCC2)(N2CCCCC2)N2CCCCC2)(N2CCCCC2)N2CCCCC2)CC1. The molecule has 224 valence electrons. The lowest BCUT2D eigenvalue weighted by Gasteiger charge is -2.54. The maximum atomic E-state index is 6.86. The van der Waals surface area contributed by atoms with Crippen LogP contribution in [0.1, 0.15) is 116 Å². The molecule has 0 amide bonds. The second-order valence-electron chi connectivity index (χ2n) is 13.2. The van der Waals surface area contributed by atoms with Crippen LogP contribution in [0.4, 0.5) is 0 Å². The van der Waals surface area contributed by atoms with Crippen molar-refractivity contribution in [3.63, 3.8) is 0 Å². The van der Waals surface area contributed by atoms with Crippen LogP contribution in [0.2, 0.25) is 0 Å². The topological polar surface area (TPSA) is 31.8 Å². The quantitative estimate of drug-likeness (QED) is 0.290. The predicted molar refractivity (Wildman–Crippen MR) is 169 cm³/mol. The molecule has 0 aromatic carbocycles. The van der Waals surface area contributed by atoms with Gasteiger partial charge in [0, 0.05) is 78.5 Å². The highest BCUT2D eigenvalue weighted by Gasteiger charge is 2.61. The zero-order valence-electron chi connectivity index (χ0n) is 25.2. The summed E-state index contributed by atoms with van der Waals surface area (Å²) in [5, 5.41) is 0. The van der Waals surface area contributed by atoms with Crippen LogP contribution in [0, 0.1) is 0 Å². The summed E-state index contributed by atoms with van der Waals surface area (Å²) in [5.74, 6) is 0. The van der Waals surface area contributed by atoms with Crippen molar-refractivity contribution in [2.45, 2.75) is 116 Å². The molecule has 0 saturated carbocycles. The predicted octanol–water partition coefficient (Wildman–Crippen LogP) is 7.53. The Morgan fingerprint density at radius 1 is 0.308 bits per heavy atom. The normalized spacial score (nSPS) is 29.4. The van der Waals surface area contributed by atoms with E-state index in [1.165, 1.54) is 194 Å². The Morgan fingerprint density at radius 3 is 0.795 bits per heavy atom. The summed E-state index contributed by atoms with van der Waals surface area (Å²) in [6.07, 6.45) is 25.0. The number of hydrogen-bond donors (Lipinski definition) is 0. The van der Waals surface area contributed by atoms with Crippen LogP contribution >= 0.6 is 15.4 Å². The van der Waals surface area contributed by atoms with Crippen molar-refractivity contribution in [3.8, 4) is 0 Å². The third kappa shape index (κ3) is 6.23. The standard InChI is InChI=1S/C30H60N7P2/c1-7-19-32(20-8-1)38(33-21-9-2-10-22-33,34-23-11-3-12-24-34)31-39(35-25-13-4-14-26-35,36-27-15-5-16-28-36)37-29-17-6-18-30-37/h1-30H2/q+1. The van der Waals surface area contributed by atoms with Gasteiger partial charge < -0.3 is 0 Å². The monoisotopic (exact) mass is 580 g/mol. The lowest BCUT2D eigenvalue weighted by molar-refractivity contribution is 0.232. The van der Waals surface area contributed by atoms with Crippen LogP contribution in [0.15, 0.2) is 4.52 Å². The fraction of sp³-hybridized carbons (Fsp3) is 1.00. The molecule has 0 aromatic rings. The Hall–Kier alpha value is 0.420. The summed E-state index contributed by atoms with van der Waals surface area (Å²) < 4.78 is 25.2. The van der Waals surface area contributed by atoms with Gasteiger partial charge >= 0.3 is 7.87 Å². The third-order valence-corrected chi connectivity index (χ3v) is 19.4. The van der Waals surface area contributed by atoms with Crippen molar-refractivity contribution in [2.75, 3.05) is 78.5 Å². The highest BCUT2D eigenvalue weighted by Crippen LogP contribution is 2.78. The Bertz CT molecular complexity index is 691. The van der Waals surface area contributed by atoms with Gasteiger partial charge in [-0.2, -0.15) is 0 Å². The molecule has 0 spiro atoms. The lowest BCUT2D eigenvalue weighted by atomic mass is 10.2. The van der Waals surface area contributed by atoms with E-state index in [9.17, 15) is 0 Å². The van der Waals surface area contributed by atoms with E-state index in [1.807, 2.05) is 0 Å². The Balaban J connectivity index is 1.57. The first kappa shape index (κ1) is 29.5. The second-order valence-corrected chi connectivity index (χ2v) is 19.5. The highest BCUT2D eigenvalue weighted by molar-refractivity contribution is 7.75. The van der Waals surface area contributed by atoms with Crippen molar-refractivity contribution < 1.29 is 0 Å². The molecule has 6 aliphatic rings. The van der Waals surface area contributed by atoms with Crippen LogP contribution in [0.5, 0.6) is 0 Å². The van der Waals surface area contributed by atoms with Gasteiger partial charge in [-0.25, -0.2) is 14.0 Å². The summed E-state index contributed by atoms with van der Waals surface area (Å²) in [4.78, 5) is 0. The molecule has 0 N–H and O–H groups in total. The van der Waals surface area contributed by atoms with E-state index in [-0.39, 0.29) is 0 Å². The number of piperidine rings is 6. The van der Waals surface area contributed by atoms with Gasteiger partial charge in [-0.1, -0.05) is 38.5 Å². The van der Waals surface area contributed by atoms with Gasteiger partial charge in [0.1, 0.15) is 0 Å². The molecule has 0 radical (unpaired) electrons. The average molecular weight is 581 g/mol. The van der Waals surface area contributed by atoms with Crippen molar-refractivity contribution in [2.24, 2.45) is 4.52 Å². The van der Waals surface area contributed by atoms with Crippen LogP contribution in [-0.2, 0) is 0 Å². The zero-order chi connectivity index (χ0) is 26.4. The fourth-order valence-corrected chi connectivity index (χ4v) is 19.5. The van der Waals surface area contributed by atoms with E-state index in [1.54, 1.807) is 0 Å². The Labute approximate surface area is 241 Å². The molecule has 6 saturated heterocycles. The van der Waals surface area contributed by atoms with Crippen molar-refractivity contribution >= 4 is 15.4 Å². The summed E-state index contributed by atoms with van der Waals surface area (Å²) in [7, 11) is -3.99. The molecule has 0 bridgehead atoms. The van der Waals surface area contributed by atoms with E-state index < -0.39 is 15.4 Å². The molecule has 9 heteroatoms. The fourth-order valence-electron chi connectivity index (χ4n) is 8.45. The Kier molecular flexibility index (Phi) is 10.8. The summed E-state index contributed by atoms with van der Waals surface area (Å²) in [6.45, 7) is 15.4. The number of rotatable bonds is 7. The van der Waals surface area contributed by atoms with Gasteiger partial charge in [-0.15, -0.1) is 14.0 Å². The molecule has 6 rings (SSSR count). The largest absolute Gasteiger partial charge is 0.357 e. The van der Waals surface area contributed by atoms with Gasteiger partial charge in [0.05, 0.1) is 0 Å². The molecule has 39 heavy (non-hydrogen) atoms. The first-order valence-corrected chi connectivity index (χ1v) is 20.6. The highest BCUT2D eigenvalue weighted by atomic mass is 31.2.